The number of carbonyl (C=O) groups excluding carboxylic acids is 2. The van der Waals surface area contributed by atoms with Crippen LogP contribution in [0, 0.1) is 0 Å². The largest absolute Gasteiger partial charge is 0.349 e. The van der Waals surface area contributed by atoms with Crippen LogP contribution in [0.5, 0.6) is 0 Å². The first kappa shape index (κ1) is 16.3. The lowest BCUT2D eigenvalue weighted by atomic mass is 10.3. The minimum Gasteiger partial charge on any atom is -0.349 e. The van der Waals surface area contributed by atoms with Gasteiger partial charge in [-0.05, 0) is 32.0 Å². The molecule has 0 saturated carbocycles. The highest BCUT2D eigenvalue weighted by Gasteiger charge is 2.13. The molecule has 0 aliphatic rings. The minimum absolute atomic E-state index is 0.0248. The Labute approximate surface area is 136 Å². The molecule has 0 aliphatic carbocycles. The Hall–Kier alpha value is -2.12. The predicted octanol–water partition coefficient (Wildman–Crippen LogP) is 3.58. The summed E-state index contributed by atoms with van der Waals surface area (Å²) in [6, 6.07) is 6.37. The first-order chi connectivity index (χ1) is 10.4. The zero-order valence-corrected chi connectivity index (χ0v) is 13.6. The number of nitrogens with one attached hydrogen (secondary N) is 3. The van der Waals surface area contributed by atoms with E-state index in [1.807, 2.05) is 13.8 Å². The summed E-state index contributed by atoms with van der Waals surface area (Å²) in [7, 11) is 0. The minimum atomic E-state index is -0.451. The molecule has 1 aromatic carbocycles. The molecule has 0 spiro atoms. The van der Waals surface area contributed by atoms with Crippen molar-refractivity contribution in [3.8, 4) is 0 Å². The maximum absolute atomic E-state index is 11.9. The Kier molecular flexibility index (Phi) is 5.35. The number of carbonyl (C=O) groups is 2. The zero-order valence-electron chi connectivity index (χ0n) is 12.0. The number of anilines is 2. The summed E-state index contributed by atoms with van der Waals surface area (Å²) in [5, 5.41) is 10.4. The van der Waals surface area contributed by atoms with Crippen molar-refractivity contribution in [2.45, 2.75) is 19.9 Å². The fraction of sp³-hybridized carbons (Fsp3) is 0.214. The van der Waals surface area contributed by atoms with Gasteiger partial charge in [0.2, 0.25) is 0 Å². The van der Waals surface area contributed by atoms with E-state index in [1.165, 1.54) is 11.3 Å². The number of thiazole rings is 1. The van der Waals surface area contributed by atoms with E-state index in [0.29, 0.717) is 15.8 Å². The lowest BCUT2D eigenvalue weighted by molar-refractivity contribution is 0.0939. The summed E-state index contributed by atoms with van der Waals surface area (Å²) in [4.78, 5) is 27.7. The second-order valence-electron chi connectivity index (χ2n) is 4.76. The van der Waals surface area contributed by atoms with Crippen LogP contribution in [0.15, 0.2) is 29.6 Å². The van der Waals surface area contributed by atoms with Crippen molar-refractivity contribution in [3.63, 3.8) is 0 Å². The molecular formula is C14H15ClN4O2S. The van der Waals surface area contributed by atoms with Crippen molar-refractivity contribution in [2.24, 2.45) is 0 Å². The Morgan fingerprint density at radius 2 is 2.05 bits per heavy atom. The van der Waals surface area contributed by atoms with Crippen molar-refractivity contribution < 1.29 is 9.59 Å². The van der Waals surface area contributed by atoms with E-state index in [9.17, 15) is 9.59 Å². The maximum Gasteiger partial charge on any atom is 0.325 e. The van der Waals surface area contributed by atoms with Crippen molar-refractivity contribution in [1.82, 2.24) is 10.3 Å². The Bertz CT molecular complexity index is 687. The van der Waals surface area contributed by atoms with Crippen molar-refractivity contribution in [3.05, 3.63) is 40.4 Å². The van der Waals surface area contributed by atoms with Gasteiger partial charge in [0, 0.05) is 22.1 Å². The highest BCUT2D eigenvalue weighted by Crippen LogP contribution is 2.17. The average molecular weight is 339 g/mol. The van der Waals surface area contributed by atoms with E-state index < -0.39 is 6.03 Å². The topological polar surface area (TPSA) is 83.1 Å². The molecule has 8 heteroatoms. The van der Waals surface area contributed by atoms with Crippen molar-refractivity contribution in [1.29, 1.82) is 0 Å². The molecule has 1 aromatic heterocycles. The highest BCUT2D eigenvalue weighted by molar-refractivity contribution is 7.14. The molecule has 116 valence electrons. The number of hydrogen-bond donors (Lipinski definition) is 3. The van der Waals surface area contributed by atoms with Gasteiger partial charge >= 0.3 is 6.03 Å². The number of amides is 3. The average Bonchev–Trinajstić information content (AvgIpc) is 2.86. The molecule has 0 unspecified atom stereocenters. The summed E-state index contributed by atoms with van der Waals surface area (Å²) in [5.41, 5.74) is 0.844. The molecule has 0 bridgehead atoms. The molecule has 0 fully saturated rings. The van der Waals surface area contributed by atoms with Gasteiger partial charge in [-0.25, -0.2) is 9.78 Å². The standard InChI is InChI=1S/C14H15ClN4O2S/c1-8(2)16-12(20)11-7-22-14(18-11)19-13(21)17-10-5-3-4-9(15)6-10/h3-8H,1-2H3,(H,16,20)(H2,17,18,19,21). The molecule has 2 rings (SSSR count). The van der Waals surface area contributed by atoms with Gasteiger partial charge in [-0.1, -0.05) is 17.7 Å². The third kappa shape index (κ3) is 4.71. The lowest BCUT2D eigenvalue weighted by Crippen LogP contribution is -2.30. The van der Waals surface area contributed by atoms with Crippen LogP contribution in [-0.2, 0) is 0 Å². The number of halogens is 1. The molecule has 3 N–H and O–H groups in total. The number of nitrogens with zero attached hydrogens (tertiary/aromatic N) is 1. The Morgan fingerprint density at radius 1 is 1.27 bits per heavy atom. The smallest absolute Gasteiger partial charge is 0.325 e. The van der Waals surface area contributed by atoms with Crippen molar-refractivity contribution >= 4 is 45.7 Å². The van der Waals surface area contributed by atoms with Crippen LogP contribution >= 0.6 is 22.9 Å². The van der Waals surface area contributed by atoms with E-state index in [-0.39, 0.29) is 17.6 Å². The third-order valence-corrected chi connectivity index (χ3v) is 3.45. The maximum atomic E-state index is 11.9. The molecule has 0 radical (unpaired) electrons. The predicted molar refractivity (Wildman–Crippen MR) is 88.8 cm³/mol. The van der Waals surface area contributed by atoms with E-state index >= 15 is 0 Å². The van der Waals surface area contributed by atoms with Crippen LogP contribution in [0.25, 0.3) is 0 Å². The number of benzene rings is 1. The van der Waals surface area contributed by atoms with E-state index in [0.717, 1.165) is 0 Å². The van der Waals surface area contributed by atoms with Gasteiger partial charge in [-0.3, -0.25) is 10.1 Å². The first-order valence-corrected chi connectivity index (χ1v) is 7.80. The first-order valence-electron chi connectivity index (χ1n) is 6.54. The third-order valence-electron chi connectivity index (χ3n) is 2.46. The van der Waals surface area contributed by atoms with Gasteiger partial charge in [0.05, 0.1) is 0 Å². The summed E-state index contributed by atoms with van der Waals surface area (Å²) >= 11 is 7.02. The number of rotatable bonds is 4. The molecule has 2 aromatic rings. The number of hydrogen-bond acceptors (Lipinski definition) is 4. The van der Waals surface area contributed by atoms with Crippen LogP contribution in [-0.4, -0.2) is 23.0 Å². The molecule has 0 atom stereocenters. The van der Waals surface area contributed by atoms with Gasteiger partial charge in [0.25, 0.3) is 5.91 Å². The Morgan fingerprint density at radius 3 is 2.73 bits per heavy atom. The molecule has 3 amide bonds. The van der Waals surface area contributed by atoms with Gasteiger partial charge in [-0.2, -0.15) is 0 Å². The van der Waals surface area contributed by atoms with Gasteiger partial charge in [0.15, 0.2) is 5.13 Å². The molecule has 22 heavy (non-hydrogen) atoms. The van der Waals surface area contributed by atoms with E-state index in [2.05, 4.69) is 20.9 Å². The monoisotopic (exact) mass is 338 g/mol. The summed E-state index contributed by atoms with van der Waals surface area (Å²) in [5.74, 6) is -0.269. The lowest BCUT2D eigenvalue weighted by Gasteiger charge is -2.06. The van der Waals surface area contributed by atoms with Crippen LogP contribution in [0.2, 0.25) is 5.02 Å². The molecule has 1 heterocycles. The number of urea groups is 1. The summed E-state index contributed by atoms with van der Waals surface area (Å²) in [6.45, 7) is 3.73. The van der Waals surface area contributed by atoms with Gasteiger partial charge < -0.3 is 10.6 Å². The second kappa shape index (κ2) is 7.24. The van der Waals surface area contributed by atoms with Crippen LogP contribution in [0.1, 0.15) is 24.3 Å². The summed E-state index contributed by atoms with van der Waals surface area (Å²) in [6.07, 6.45) is 0. The van der Waals surface area contributed by atoms with E-state index in [1.54, 1.807) is 29.6 Å². The summed E-state index contributed by atoms with van der Waals surface area (Å²) < 4.78 is 0. The molecular weight excluding hydrogens is 324 g/mol. The fourth-order valence-electron chi connectivity index (χ4n) is 1.60. The van der Waals surface area contributed by atoms with Gasteiger partial charge in [-0.15, -0.1) is 11.3 Å². The highest BCUT2D eigenvalue weighted by atomic mass is 35.5. The quantitative estimate of drug-likeness (QED) is 0.796. The van der Waals surface area contributed by atoms with Crippen molar-refractivity contribution in [2.75, 3.05) is 10.6 Å². The van der Waals surface area contributed by atoms with Crippen LogP contribution in [0.4, 0.5) is 15.6 Å². The number of aromatic nitrogens is 1. The van der Waals surface area contributed by atoms with Crippen LogP contribution < -0.4 is 16.0 Å². The molecule has 0 aliphatic heterocycles. The SMILES string of the molecule is CC(C)NC(=O)c1csc(NC(=O)Nc2cccc(Cl)c2)n1. The zero-order chi connectivity index (χ0) is 16.1. The second-order valence-corrected chi connectivity index (χ2v) is 6.05. The molecule has 6 nitrogen and oxygen atoms in total. The molecule has 0 saturated heterocycles. The fourth-order valence-corrected chi connectivity index (χ4v) is 2.47. The normalized spacial score (nSPS) is 10.4. The van der Waals surface area contributed by atoms with Gasteiger partial charge in [0.1, 0.15) is 5.69 Å². The Balaban J connectivity index is 1.95. The van der Waals surface area contributed by atoms with E-state index in [4.69, 9.17) is 11.6 Å². The van der Waals surface area contributed by atoms with Crippen LogP contribution in [0.3, 0.4) is 0 Å².